The molecule has 0 fully saturated rings. The third-order valence-corrected chi connectivity index (χ3v) is 4.40. The molecule has 3 nitrogen and oxygen atoms in total. The van der Waals surface area contributed by atoms with Crippen LogP contribution < -0.4 is 0 Å². The van der Waals surface area contributed by atoms with Crippen molar-refractivity contribution < 1.29 is 5.11 Å². The summed E-state index contributed by atoms with van der Waals surface area (Å²) in [6, 6.07) is 13.8. The van der Waals surface area contributed by atoms with Crippen LogP contribution in [0.2, 0.25) is 5.02 Å². The number of halogens is 1. The van der Waals surface area contributed by atoms with Gasteiger partial charge in [0.15, 0.2) is 0 Å². The topological polar surface area (TPSA) is 36.4 Å². The first kappa shape index (κ1) is 13.6. The summed E-state index contributed by atoms with van der Waals surface area (Å²) in [5, 5.41) is 11.8. The molecule has 0 atom stereocenters. The number of hydrogen-bond acceptors (Lipinski definition) is 3. The lowest BCUT2D eigenvalue weighted by Gasteiger charge is -2.29. The van der Waals surface area contributed by atoms with Crippen LogP contribution in [0.15, 0.2) is 48.7 Å². The molecule has 0 unspecified atom stereocenters. The summed E-state index contributed by atoms with van der Waals surface area (Å²) in [5.74, 6) is 0.256. The average Bonchev–Trinajstić information content (AvgIpc) is 2.53. The first-order chi connectivity index (χ1) is 10.7. The molecule has 4 heteroatoms. The van der Waals surface area contributed by atoms with Crippen molar-refractivity contribution in [1.82, 2.24) is 9.88 Å². The van der Waals surface area contributed by atoms with Gasteiger partial charge in [0, 0.05) is 36.2 Å². The first-order valence-corrected chi connectivity index (χ1v) is 7.64. The van der Waals surface area contributed by atoms with Gasteiger partial charge < -0.3 is 5.11 Å². The van der Waals surface area contributed by atoms with Crippen LogP contribution in [-0.2, 0) is 19.6 Å². The molecule has 0 aliphatic carbocycles. The molecule has 2 heterocycles. The van der Waals surface area contributed by atoms with E-state index in [0.717, 1.165) is 30.0 Å². The minimum atomic E-state index is 0.256. The summed E-state index contributed by atoms with van der Waals surface area (Å²) in [5.41, 5.74) is 4.39. The van der Waals surface area contributed by atoms with Crippen molar-refractivity contribution in [2.75, 3.05) is 0 Å². The van der Waals surface area contributed by atoms with Crippen molar-refractivity contribution in [3.63, 3.8) is 0 Å². The lowest BCUT2D eigenvalue weighted by molar-refractivity contribution is 0.243. The molecule has 4 rings (SSSR count). The molecule has 1 N–H and O–H groups in total. The number of aromatic nitrogens is 1. The predicted octanol–water partition coefficient (Wildman–Crippen LogP) is 4.11. The Morgan fingerprint density at radius 3 is 2.50 bits per heavy atom. The number of pyridine rings is 1. The SMILES string of the molecule is Oc1ccc2c3c(ccnc13)CN(Cc1ccc(Cl)cc1)C2. The average molecular weight is 311 g/mol. The molecular formula is C18H15ClN2O. The summed E-state index contributed by atoms with van der Waals surface area (Å²) in [6.45, 7) is 2.59. The Morgan fingerprint density at radius 1 is 1.00 bits per heavy atom. The second-order valence-corrected chi connectivity index (χ2v) is 6.15. The van der Waals surface area contributed by atoms with Crippen molar-refractivity contribution in [3.05, 3.63) is 70.4 Å². The van der Waals surface area contributed by atoms with Gasteiger partial charge in [-0.1, -0.05) is 29.8 Å². The Kier molecular flexibility index (Phi) is 3.25. The van der Waals surface area contributed by atoms with E-state index in [1.807, 2.05) is 24.3 Å². The molecule has 0 saturated carbocycles. The quantitative estimate of drug-likeness (QED) is 0.774. The van der Waals surface area contributed by atoms with Crippen molar-refractivity contribution in [2.45, 2.75) is 19.6 Å². The summed E-state index contributed by atoms with van der Waals surface area (Å²) in [4.78, 5) is 6.71. The zero-order chi connectivity index (χ0) is 15.1. The summed E-state index contributed by atoms with van der Waals surface area (Å²) in [6.07, 6.45) is 1.77. The maximum Gasteiger partial charge on any atom is 0.141 e. The summed E-state index contributed by atoms with van der Waals surface area (Å²) in [7, 11) is 0. The monoisotopic (exact) mass is 310 g/mol. The highest BCUT2D eigenvalue weighted by atomic mass is 35.5. The minimum Gasteiger partial charge on any atom is -0.506 e. The van der Waals surface area contributed by atoms with Crippen LogP contribution in [0.4, 0.5) is 0 Å². The Bertz CT molecular complexity index is 833. The molecule has 0 saturated heterocycles. The Labute approximate surface area is 133 Å². The van der Waals surface area contributed by atoms with Crippen LogP contribution in [0.1, 0.15) is 16.7 Å². The number of nitrogens with zero attached hydrogens (tertiary/aromatic N) is 2. The zero-order valence-electron chi connectivity index (χ0n) is 12.0. The molecule has 1 aliphatic heterocycles. The van der Waals surface area contributed by atoms with Gasteiger partial charge in [-0.25, -0.2) is 0 Å². The number of rotatable bonds is 2. The van der Waals surface area contributed by atoms with Gasteiger partial charge in [-0.05, 0) is 41.0 Å². The van der Waals surface area contributed by atoms with E-state index in [2.05, 4.69) is 22.0 Å². The van der Waals surface area contributed by atoms with Gasteiger partial charge in [0.2, 0.25) is 0 Å². The number of phenolic OH excluding ortho intramolecular Hbond substituents is 1. The molecule has 1 aromatic heterocycles. The maximum absolute atomic E-state index is 9.98. The minimum absolute atomic E-state index is 0.256. The fourth-order valence-electron chi connectivity index (χ4n) is 3.16. The largest absolute Gasteiger partial charge is 0.506 e. The van der Waals surface area contributed by atoms with Gasteiger partial charge >= 0.3 is 0 Å². The highest BCUT2D eigenvalue weighted by Crippen LogP contribution is 2.33. The molecule has 22 heavy (non-hydrogen) atoms. The first-order valence-electron chi connectivity index (χ1n) is 7.26. The molecule has 1 aliphatic rings. The Hall–Kier alpha value is -2.10. The van der Waals surface area contributed by atoms with Gasteiger partial charge in [-0.2, -0.15) is 0 Å². The van der Waals surface area contributed by atoms with Gasteiger partial charge in [0.1, 0.15) is 11.3 Å². The third-order valence-electron chi connectivity index (χ3n) is 4.15. The van der Waals surface area contributed by atoms with Crippen LogP contribution in [0.3, 0.4) is 0 Å². The van der Waals surface area contributed by atoms with Gasteiger partial charge in [-0.15, -0.1) is 0 Å². The van der Waals surface area contributed by atoms with Crippen LogP contribution in [0.25, 0.3) is 10.9 Å². The smallest absolute Gasteiger partial charge is 0.141 e. The molecule has 0 amide bonds. The fourth-order valence-corrected chi connectivity index (χ4v) is 3.28. The Morgan fingerprint density at radius 2 is 1.73 bits per heavy atom. The lowest BCUT2D eigenvalue weighted by Crippen LogP contribution is -2.26. The van der Waals surface area contributed by atoms with Gasteiger partial charge in [0.05, 0.1) is 0 Å². The van der Waals surface area contributed by atoms with E-state index in [-0.39, 0.29) is 5.75 Å². The second-order valence-electron chi connectivity index (χ2n) is 5.71. The molecule has 3 aromatic rings. The number of phenols is 1. The standard InChI is InChI=1S/C18H15ClN2O/c19-15-4-1-12(2-5-15)9-21-10-13-3-6-16(22)18-17(13)14(11-21)7-8-20-18/h1-8,22H,9-11H2. The summed E-state index contributed by atoms with van der Waals surface area (Å²) >= 11 is 5.95. The Balaban J connectivity index is 1.68. The highest BCUT2D eigenvalue weighted by molar-refractivity contribution is 6.30. The number of hydrogen-bond donors (Lipinski definition) is 1. The molecule has 0 radical (unpaired) electrons. The van der Waals surface area contributed by atoms with E-state index in [0.29, 0.717) is 5.52 Å². The molecule has 2 aromatic carbocycles. The van der Waals surface area contributed by atoms with Crippen LogP contribution in [-0.4, -0.2) is 15.0 Å². The lowest BCUT2D eigenvalue weighted by atomic mass is 9.97. The molecule has 110 valence electrons. The van der Waals surface area contributed by atoms with E-state index >= 15 is 0 Å². The number of aromatic hydroxyl groups is 1. The maximum atomic E-state index is 9.98. The van der Waals surface area contributed by atoms with Crippen molar-refractivity contribution in [3.8, 4) is 5.75 Å². The van der Waals surface area contributed by atoms with E-state index in [4.69, 9.17) is 11.6 Å². The molecule has 0 bridgehead atoms. The normalized spacial score (nSPS) is 14.4. The van der Waals surface area contributed by atoms with Crippen molar-refractivity contribution in [2.24, 2.45) is 0 Å². The number of benzene rings is 2. The third kappa shape index (κ3) is 2.32. The van der Waals surface area contributed by atoms with E-state index in [1.165, 1.54) is 16.7 Å². The van der Waals surface area contributed by atoms with E-state index < -0.39 is 0 Å². The van der Waals surface area contributed by atoms with Crippen molar-refractivity contribution in [1.29, 1.82) is 0 Å². The van der Waals surface area contributed by atoms with Gasteiger partial charge in [0.25, 0.3) is 0 Å². The van der Waals surface area contributed by atoms with E-state index in [9.17, 15) is 5.11 Å². The van der Waals surface area contributed by atoms with Crippen molar-refractivity contribution >= 4 is 22.5 Å². The fraction of sp³-hybridized carbons (Fsp3) is 0.167. The zero-order valence-corrected chi connectivity index (χ0v) is 12.7. The highest BCUT2D eigenvalue weighted by Gasteiger charge is 2.20. The van der Waals surface area contributed by atoms with E-state index in [1.54, 1.807) is 12.3 Å². The van der Waals surface area contributed by atoms with Gasteiger partial charge in [-0.3, -0.25) is 9.88 Å². The van der Waals surface area contributed by atoms with Crippen LogP contribution >= 0.6 is 11.6 Å². The molecule has 0 spiro atoms. The van der Waals surface area contributed by atoms with Crippen LogP contribution in [0, 0.1) is 0 Å². The molecular weight excluding hydrogens is 296 g/mol. The van der Waals surface area contributed by atoms with Crippen LogP contribution in [0.5, 0.6) is 5.75 Å². The summed E-state index contributed by atoms with van der Waals surface area (Å²) < 4.78 is 0. The predicted molar refractivity (Wildman–Crippen MR) is 87.8 cm³/mol. The second kappa shape index (κ2) is 5.27.